The Balaban J connectivity index is 1.67. The first kappa shape index (κ1) is 14.3. The van der Waals surface area contributed by atoms with Crippen LogP contribution in [0.25, 0.3) is 0 Å². The van der Waals surface area contributed by atoms with E-state index in [2.05, 4.69) is 20.8 Å². The lowest BCUT2D eigenvalue weighted by molar-refractivity contribution is -0.124. The van der Waals surface area contributed by atoms with Gasteiger partial charge in [-0.05, 0) is 19.4 Å². The zero-order valence-electron chi connectivity index (χ0n) is 12.2. The van der Waals surface area contributed by atoms with Crippen LogP contribution in [0.3, 0.4) is 0 Å². The van der Waals surface area contributed by atoms with Crippen molar-refractivity contribution in [2.24, 2.45) is 0 Å². The first-order chi connectivity index (χ1) is 10.3. The topological polar surface area (TPSA) is 92.5 Å². The summed E-state index contributed by atoms with van der Waals surface area (Å²) in [6.45, 7) is 4.86. The molecule has 21 heavy (non-hydrogen) atoms. The van der Waals surface area contributed by atoms with E-state index in [0.29, 0.717) is 44.3 Å². The summed E-state index contributed by atoms with van der Waals surface area (Å²) in [4.78, 5) is 14.1. The van der Waals surface area contributed by atoms with Gasteiger partial charge in [0.2, 0.25) is 11.8 Å². The van der Waals surface area contributed by atoms with E-state index in [1.807, 2.05) is 11.8 Å². The second-order valence-corrected chi connectivity index (χ2v) is 5.33. The average molecular weight is 295 g/mol. The van der Waals surface area contributed by atoms with Crippen molar-refractivity contribution < 1.29 is 13.9 Å². The number of anilines is 1. The number of hydrogen-bond acceptors (Lipinski definition) is 7. The molecule has 2 N–H and O–H groups in total. The second-order valence-electron chi connectivity index (χ2n) is 5.33. The van der Waals surface area contributed by atoms with E-state index < -0.39 is 6.04 Å². The average Bonchev–Trinajstić information content (AvgIpc) is 3.19. The van der Waals surface area contributed by atoms with E-state index in [9.17, 15) is 4.79 Å². The predicted octanol–water partition coefficient (Wildman–Crippen LogP) is -0.337. The van der Waals surface area contributed by atoms with Crippen LogP contribution in [0.4, 0.5) is 6.01 Å². The van der Waals surface area contributed by atoms with E-state index in [1.54, 1.807) is 0 Å². The molecule has 0 radical (unpaired) electrons. The van der Waals surface area contributed by atoms with E-state index >= 15 is 0 Å². The zero-order chi connectivity index (χ0) is 14.7. The van der Waals surface area contributed by atoms with Gasteiger partial charge in [-0.25, -0.2) is 0 Å². The lowest BCUT2D eigenvalue weighted by Gasteiger charge is -2.32. The number of ether oxygens (including phenoxy) is 1. The fourth-order valence-corrected chi connectivity index (χ4v) is 2.24. The molecule has 2 fully saturated rings. The normalized spacial score (nSPS) is 22.3. The molecule has 3 rings (SSSR count). The van der Waals surface area contributed by atoms with Crippen molar-refractivity contribution >= 4 is 11.9 Å². The van der Waals surface area contributed by atoms with Gasteiger partial charge in [0.25, 0.3) is 0 Å². The number of carbonyl (C=O) groups is 1. The molecule has 1 aliphatic carbocycles. The summed E-state index contributed by atoms with van der Waals surface area (Å²) in [6, 6.07) is 0.321. The molecule has 8 nitrogen and oxygen atoms in total. The molecule has 0 bridgehead atoms. The van der Waals surface area contributed by atoms with E-state index in [1.165, 1.54) is 0 Å². The summed E-state index contributed by atoms with van der Waals surface area (Å²) in [5, 5.41) is 14.2. The molecule has 1 saturated carbocycles. The number of nitrogens with one attached hydrogen (secondary N) is 2. The maximum absolute atomic E-state index is 12.3. The van der Waals surface area contributed by atoms with Crippen LogP contribution in [0.15, 0.2) is 4.42 Å². The first-order valence-corrected chi connectivity index (χ1v) is 7.45. The van der Waals surface area contributed by atoms with Crippen molar-refractivity contribution in [3.05, 3.63) is 5.89 Å². The Morgan fingerprint density at radius 1 is 1.43 bits per heavy atom. The summed E-state index contributed by atoms with van der Waals surface area (Å²) in [5.74, 6) is 0.503. The highest BCUT2D eigenvalue weighted by Crippen LogP contribution is 2.22. The van der Waals surface area contributed by atoms with Crippen LogP contribution in [0.1, 0.15) is 25.7 Å². The zero-order valence-corrected chi connectivity index (χ0v) is 12.2. The van der Waals surface area contributed by atoms with Gasteiger partial charge in [0.05, 0.1) is 19.8 Å². The van der Waals surface area contributed by atoms with Crippen molar-refractivity contribution in [2.45, 2.75) is 38.4 Å². The van der Waals surface area contributed by atoms with Crippen LogP contribution < -0.4 is 15.5 Å². The maximum atomic E-state index is 12.3. The quantitative estimate of drug-likeness (QED) is 0.742. The standard InChI is InChI=1S/C13H21N5O3/c1-2-14-7-11-16-17-13(21-11)18-5-6-20-8-10(18)12(19)15-9-3-4-9/h9-10,14H,2-8H2,1H3,(H,15,19). The molecule has 0 aromatic carbocycles. The Morgan fingerprint density at radius 3 is 3.05 bits per heavy atom. The highest BCUT2D eigenvalue weighted by Gasteiger charge is 2.35. The molecule has 1 aromatic rings. The molecule has 2 aliphatic rings. The van der Waals surface area contributed by atoms with Crippen LogP contribution in [0, 0.1) is 0 Å². The molecule has 1 saturated heterocycles. The summed E-state index contributed by atoms with van der Waals surface area (Å²) < 4.78 is 11.1. The smallest absolute Gasteiger partial charge is 0.319 e. The lowest BCUT2D eigenvalue weighted by Crippen LogP contribution is -2.54. The Hall–Kier alpha value is -1.67. The summed E-state index contributed by atoms with van der Waals surface area (Å²) in [7, 11) is 0. The van der Waals surface area contributed by atoms with Crippen LogP contribution >= 0.6 is 0 Å². The third kappa shape index (κ3) is 3.51. The van der Waals surface area contributed by atoms with Gasteiger partial charge >= 0.3 is 6.01 Å². The number of aromatic nitrogens is 2. The molecule has 116 valence electrons. The van der Waals surface area contributed by atoms with Gasteiger partial charge < -0.3 is 24.7 Å². The van der Waals surface area contributed by atoms with Crippen molar-refractivity contribution in [1.29, 1.82) is 0 Å². The lowest BCUT2D eigenvalue weighted by atomic mass is 10.2. The van der Waals surface area contributed by atoms with Crippen LogP contribution in [0.2, 0.25) is 0 Å². The third-order valence-electron chi connectivity index (χ3n) is 3.58. The van der Waals surface area contributed by atoms with Gasteiger partial charge in [-0.3, -0.25) is 4.79 Å². The maximum Gasteiger partial charge on any atom is 0.319 e. The minimum atomic E-state index is -0.396. The number of rotatable bonds is 6. The molecule has 1 atom stereocenters. The van der Waals surface area contributed by atoms with Crippen LogP contribution in [0.5, 0.6) is 0 Å². The van der Waals surface area contributed by atoms with E-state index in [0.717, 1.165) is 19.4 Å². The molecule has 1 unspecified atom stereocenters. The fraction of sp³-hybridized carbons (Fsp3) is 0.769. The Labute approximate surface area is 123 Å². The number of hydrogen-bond donors (Lipinski definition) is 2. The van der Waals surface area contributed by atoms with Gasteiger partial charge in [0.15, 0.2) is 0 Å². The van der Waals surface area contributed by atoms with Gasteiger partial charge in [0, 0.05) is 12.6 Å². The number of nitrogens with zero attached hydrogens (tertiary/aromatic N) is 3. The minimum Gasteiger partial charge on any atom is -0.407 e. The van der Waals surface area contributed by atoms with Crippen LogP contribution in [-0.4, -0.2) is 54.5 Å². The van der Waals surface area contributed by atoms with Gasteiger partial charge in [0.1, 0.15) is 6.04 Å². The number of amides is 1. The Bertz CT molecular complexity index is 488. The highest BCUT2D eigenvalue weighted by atomic mass is 16.5. The SMILES string of the molecule is CCNCc1nnc(N2CCOCC2C(=O)NC2CC2)o1. The van der Waals surface area contributed by atoms with Gasteiger partial charge in [-0.2, -0.15) is 0 Å². The fourth-order valence-electron chi connectivity index (χ4n) is 2.24. The largest absolute Gasteiger partial charge is 0.407 e. The molecule has 2 heterocycles. The van der Waals surface area contributed by atoms with E-state index in [4.69, 9.17) is 9.15 Å². The Kier molecular flexibility index (Phi) is 4.35. The van der Waals surface area contributed by atoms with Crippen molar-refractivity contribution in [3.8, 4) is 0 Å². The van der Waals surface area contributed by atoms with Crippen molar-refractivity contribution in [1.82, 2.24) is 20.8 Å². The first-order valence-electron chi connectivity index (χ1n) is 7.45. The molecule has 0 spiro atoms. The Morgan fingerprint density at radius 2 is 2.29 bits per heavy atom. The molecule has 8 heteroatoms. The summed E-state index contributed by atoms with van der Waals surface area (Å²) in [6.07, 6.45) is 2.12. The van der Waals surface area contributed by atoms with Gasteiger partial charge in [-0.15, -0.1) is 5.10 Å². The monoisotopic (exact) mass is 295 g/mol. The predicted molar refractivity (Wildman–Crippen MR) is 74.8 cm³/mol. The highest BCUT2D eigenvalue weighted by molar-refractivity contribution is 5.85. The van der Waals surface area contributed by atoms with Crippen LogP contribution in [-0.2, 0) is 16.1 Å². The van der Waals surface area contributed by atoms with Crippen molar-refractivity contribution in [3.63, 3.8) is 0 Å². The second kappa shape index (κ2) is 6.40. The molecule has 1 aromatic heterocycles. The number of carbonyl (C=O) groups excluding carboxylic acids is 1. The third-order valence-corrected chi connectivity index (χ3v) is 3.58. The molecule has 1 aliphatic heterocycles. The summed E-state index contributed by atoms with van der Waals surface area (Å²) in [5.41, 5.74) is 0. The van der Waals surface area contributed by atoms with E-state index in [-0.39, 0.29) is 5.91 Å². The minimum absolute atomic E-state index is 0.0244. The number of morpholine rings is 1. The van der Waals surface area contributed by atoms with Gasteiger partial charge in [-0.1, -0.05) is 12.0 Å². The molecular formula is C13H21N5O3. The van der Waals surface area contributed by atoms with Crippen molar-refractivity contribution in [2.75, 3.05) is 31.2 Å². The summed E-state index contributed by atoms with van der Waals surface area (Å²) >= 11 is 0. The molecule has 1 amide bonds. The molecular weight excluding hydrogens is 274 g/mol.